The Hall–Kier alpha value is -1.42. The molecule has 4 nitrogen and oxygen atoms in total. The maximum Gasteiger partial charge on any atom is 0.323 e. The van der Waals surface area contributed by atoms with Crippen molar-refractivity contribution in [1.82, 2.24) is 10.3 Å². The summed E-state index contributed by atoms with van der Waals surface area (Å²) in [6, 6.07) is 5.65. The Bertz CT molecular complexity index is 340. The maximum absolute atomic E-state index is 11.2. The number of hydrogen-bond acceptors (Lipinski definition) is 4. The Kier molecular flexibility index (Phi) is 2.97. The second kappa shape index (κ2) is 4.40. The molecule has 0 amide bonds. The first-order chi connectivity index (χ1) is 7.27. The van der Waals surface area contributed by atoms with Crippen molar-refractivity contribution < 1.29 is 9.53 Å². The van der Waals surface area contributed by atoms with E-state index in [9.17, 15) is 4.79 Å². The Morgan fingerprint density at radius 1 is 1.60 bits per heavy atom. The molecule has 4 heteroatoms. The second-order valence-corrected chi connectivity index (χ2v) is 3.65. The van der Waals surface area contributed by atoms with E-state index in [1.165, 1.54) is 0 Å². The van der Waals surface area contributed by atoms with Crippen LogP contribution in [0.1, 0.15) is 25.1 Å². The van der Waals surface area contributed by atoms with Crippen LogP contribution in [0.25, 0.3) is 0 Å². The summed E-state index contributed by atoms with van der Waals surface area (Å²) in [7, 11) is 0. The van der Waals surface area contributed by atoms with Gasteiger partial charge in [-0.3, -0.25) is 15.1 Å². The minimum atomic E-state index is -0.179. The molecule has 0 spiro atoms. The van der Waals surface area contributed by atoms with Gasteiger partial charge in [-0.15, -0.1) is 0 Å². The zero-order valence-corrected chi connectivity index (χ0v) is 8.64. The summed E-state index contributed by atoms with van der Waals surface area (Å²) >= 11 is 0. The number of esters is 1. The van der Waals surface area contributed by atoms with Crippen molar-refractivity contribution in [1.29, 1.82) is 0 Å². The summed E-state index contributed by atoms with van der Waals surface area (Å²) < 4.78 is 4.88. The van der Waals surface area contributed by atoms with Crippen molar-refractivity contribution in [3.8, 4) is 0 Å². The van der Waals surface area contributed by atoms with Gasteiger partial charge in [-0.2, -0.15) is 0 Å². The molecule has 15 heavy (non-hydrogen) atoms. The molecule has 0 radical (unpaired) electrons. The van der Waals surface area contributed by atoms with Crippen LogP contribution >= 0.6 is 0 Å². The molecule has 1 saturated heterocycles. The molecule has 1 aliphatic rings. The van der Waals surface area contributed by atoms with Crippen LogP contribution in [0, 0.1) is 0 Å². The Morgan fingerprint density at radius 3 is 3.07 bits per heavy atom. The number of rotatable bonds is 3. The minimum Gasteiger partial charge on any atom is -0.464 e. The van der Waals surface area contributed by atoms with Crippen molar-refractivity contribution in [2.24, 2.45) is 0 Å². The molecular formula is C11H14N2O2. The minimum absolute atomic E-state index is 0.0712. The molecule has 1 aromatic rings. The van der Waals surface area contributed by atoms with Gasteiger partial charge >= 0.3 is 5.97 Å². The molecule has 0 aromatic carbocycles. The number of nitrogens with one attached hydrogen (secondary N) is 1. The van der Waals surface area contributed by atoms with Gasteiger partial charge in [-0.05, 0) is 19.1 Å². The molecule has 0 saturated carbocycles. The third-order valence-electron chi connectivity index (χ3n) is 2.52. The molecule has 1 aliphatic heterocycles. The zero-order valence-electron chi connectivity index (χ0n) is 8.64. The molecule has 2 atom stereocenters. The number of carbonyl (C=O) groups excluding carboxylic acids is 1. The molecule has 2 heterocycles. The van der Waals surface area contributed by atoms with E-state index in [0.717, 1.165) is 12.1 Å². The normalized spacial score (nSPS) is 22.5. The number of pyridine rings is 1. The molecule has 1 N–H and O–H groups in total. The van der Waals surface area contributed by atoms with Gasteiger partial charge in [0.25, 0.3) is 0 Å². The Labute approximate surface area is 88.7 Å². The number of hydrogen-bond donors (Lipinski definition) is 1. The van der Waals surface area contributed by atoms with E-state index in [4.69, 9.17) is 4.74 Å². The highest BCUT2D eigenvalue weighted by Gasteiger charge is 2.27. The molecule has 1 fully saturated rings. The Morgan fingerprint density at radius 2 is 2.47 bits per heavy atom. The standard InChI is InChI=1S/C11H14N2O2/c1-8(9-4-2-3-6-12-9)13-10-5-7-15-11(10)14/h2-4,6,8,10,13H,5,7H2,1H3. The third kappa shape index (κ3) is 2.33. The van der Waals surface area contributed by atoms with E-state index in [2.05, 4.69) is 10.3 Å². The van der Waals surface area contributed by atoms with E-state index in [-0.39, 0.29) is 18.1 Å². The molecule has 0 bridgehead atoms. The Balaban J connectivity index is 1.98. The van der Waals surface area contributed by atoms with Crippen molar-refractivity contribution >= 4 is 5.97 Å². The van der Waals surface area contributed by atoms with Crippen LogP contribution in [0.5, 0.6) is 0 Å². The van der Waals surface area contributed by atoms with E-state index in [1.54, 1.807) is 6.20 Å². The van der Waals surface area contributed by atoms with Crippen LogP contribution in [0.3, 0.4) is 0 Å². The van der Waals surface area contributed by atoms with Crippen LogP contribution in [-0.4, -0.2) is 23.6 Å². The number of ether oxygens (including phenoxy) is 1. The summed E-state index contributed by atoms with van der Waals surface area (Å²) in [6.45, 7) is 2.51. The van der Waals surface area contributed by atoms with E-state index in [1.807, 2.05) is 25.1 Å². The molecule has 0 aliphatic carbocycles. The molecule has 2 rings (SSSR count). The second-order valence-electron chi connectivity index (χ2n) is 3.65. The first kappa shape index (κ1) is 10.1. The zero-order chi connectivity index (χ0) is 10.7. The molecule has 2 unspecified atom stereocenters. The lowest BCUT2D eigenvalue weighted by atomic mass is 10.1. The van der Waals surface area contributed by atoms with Crippen LogP contribution in [0.4, 0.5) is 0 Å². The fraction of sp³-hybridized carbons (Fsp3) is 0.455. The van der Waals surface area contributed by atoms with Crippen molar-refractivity contribution in [3.05, 3.63) is 30.1 Å². The summed E-state index contributed by atoms with van der Waals surface area (Å²) in [5, 5.41) is 3.21. The van der Waals surface area contributed by atoms with Gasteiger partial charge in [0.1, 0.15) is 6.04 Å². The maximum atomic E-state index is 11.2. The fourth-order valence-corrected chi connectivity index (χ4v) is 1.67. The lowest BCUT2D eigenvalue weighted by Crippen LogP contribution is -2.35. The van der Waals surface area contributed by atoms with Gasteiger partial charge < -0.3 is 4.74 Å². The highest BCUT2D eigenvalue weighted by atomic mass is 16.5. The first-order valence-electron chi connectivity index (χ1n) is 5.11. The van der Waals surface area contributed by atoms with Crippen molar-refractivity contribution in [2.75, 3.05) is 6.61 Å². The molecule has 1 aromatic heterocycles. The summed E-state index contributed by atoms with van der Waals surface area (Å²) in [5.41, 5.74) is 0.942. The van der Waals surface area contributed by atoms with E-state index >= 15 is 0 Å². The average molecular weight is 206 g/mol. The number of aromatic nitrogens is 1. The largest absolute Gasteiger partial charge is 0.464 e. The monoisotopic (exact) mass is 206 g/mol. The van der Waals surface area contributed by atoms with Crippen molar-refractivity contribution in [3.63, 3.8) is 0 Å². The number of carbonyl (C=O) groups is 1. The number of cyclic esters (lactones) is 1. The van der Waals surface area contributed by atoms with Crippen molar-refractivity contribution in [2.45, 2.75) is 25.4 Å². The predicted octanol–water partition coefficient (Wildman–Crippen LogP) is 1.05. The summed E-state index contributed by atoms with van der Waals surface area (Å²) in [6.07, 6.45) is 2.50. The van der Waals surface area contributed by atoms with Crippen LogP contribution < -0.4 is 5.32 Å². The van der Waals surface area contributed by atoms with Gasteiger partial charge in [0.15, 0.2) is 0 Å². The molecular weight excluding hydrogens is 192 g/mol. The highest BCUT2D eigenvalue weighted by Crippen LogP contribution is 2.13. The lowest BCUT2D eigenvalue weighted by Gasteiger charge is -2.15. The van der Waals surface area contributed by atoms with Gasteiger partial charge in [-0.1, -0.05) is 6.07 Å². The predicted molar refractivity (Wildman–Crippen MR) is 55.2 cm³/mol. The average Bonchev–Trinajstić information content (AvgIpc) is 2.66. The quantitative estimate of drug-likeness (QED) is 0.751. The van der Waals surface area contributed by atoms with Crippen LogP contribution in [0.2, 0.25) is 0 Å². The summed E-state index contributed by atoms with van der Waals surface area (Å²) in [5.74, 6) is -0.155. The topological polar surface area (TPSA) is 51.2 Å². The first-order valence-corrected chi connectivity index (χ1v) is 5.11. The van der Waals surface area contributed by atoms with Crippen LogP contribution in [0.15, 0.2) is 24.4 Å². The van der Waals surface area contributed by atoms with E-state index < -0.39 is 0 Å². The smallest absolute Gasteiger partial charge is 0.323 e. The third-order valence-corrected chi connectivity index (χ3v) is 2.52. The van der Waals surface area contributed by atoms with Crippen LogP contribution in [-0.2, 0) is 9.53 Å². The summed E-state index contributed by atoms with van der Waals surface area (Å²) in [4.78, 5) is 15.5. The molecule has 80 valence electrons. The SMILES string of the molecule is CC(NC1CCOC1=O)c1ccccn1. The van der Waals surface area contributed by atoms with Gasteiger partial charge in [0, 0.05) is 18.7 Å². The highest BCUT2D eigenvalue weighted by molar-refractivity contribution is 5.77. The lowest BCUT2D eigenvalue weighted by molar-refractivity contribution is -0.139. The van der Waals surface area contributed by atoms with Gasteiger partial charge in [-0.25, -0.2) is 0 Å². The van der Waals surface area contributed by atoms with E-state index in [0.29, 0.717) is 6.61 Å². The fourth-order valence-electron chi connectivity index (χ4n) is 1.67. The van der Waals surface area contributed by atoms with Gasteiger partial charge in [0.2, 0.25) is 0 Å². The van der Waals surface area contributed by atoms with Gasteiger partial charge in [0.05, 0.1) is 12.3 Å². The number of nitrogens with zero attached hydrogens (tertiary/aromatic N) is 1.